The number of anilines is 3. The van der Waals surface area contributed by atoms with Crippen LogP contribution in [0.2, 0.25) is 0 Å². The molecule has 0 unspecified atom stereocenters. The van der Waals surface area contributed by atoms with Gasteiger partial charge in [-0.1, -0.05) is 30.3 Å². The van der Waals surface area contributed by atoms with Gasteiger partial charge < -0.3 is 20.1 Å². The number of rotatable bonds is 7. The summed E-state index contributed by atoms with van der Waals surface area (Å²) in [6.07, 6.45) is 0. The van der Waals surface area contributed by atoms with Crippen molar-refractivity contribution in [3.63, 3.8) is 0 Å². The first-order valence-corrected chi connectivity index (χ1v) is 10.4. The Kier molecular flexibility index (Phi) is 6.43. The van der Waals surface area contributed by atoms with Gasteiger partial charge in [0.15, 0.2) is 0 Å². The van der Waals surface area contributed by atoms with Crippen molar-refractivity contribution < 1.29 is 22.7 Å². The monoisotopic (exact) mass is 427 g/mol. The van der Waals surface area contributed by atoms with Crippen molar-refractivity contribution in [1.29, 1.82) is 0 Å². The van der Waals surface area contributed by atoms with Gasteiger partial charge in [-0.05, 0) is 42.5 Å². The molecule has 0 atom stereocenters. The topological polar surface area (TPSA) is 106 Å². The number of ether oxygens (including phenoxy) is 2. The summed E-state index contributed by atoms with van der Waals surface area (Å²) < 4.78 is 38.6. The number of sulfonamides is 1. The van der Waals surface area contributed by atoms with Crippen LogP contribution in [0.4, 0.5) is 21.9 Å². The summed E-state index contributed by atoms with van der Waals surface area (Å²) in [6.45, 7) is 0. The highest BCUT2D eigenvalue weighted by molar-refractivity contribution is 7.92. The van der Waals surface area contributed by atoms with Gasteiger partial charge in [0.1, 0.15) is 11.5 Å². The maximum atomic E-state index is 12.9. The Morgan fingerprint density at radius 1 is 0.767 bits per heavy atom. The Hall–Kier alpha value is -3.72. The molecule has 0 aromatic heterocycles. The number of carbonyl (C=O) groups is 1. The van der Waals surface area contributed by atoms with Gasteiger partial charge >= 0.3 is 6.03 Å². The number of amides is 2. The van der Waals surface area contributed by atoms with Crippen LogP contribution in [0.25, 0.3) is 0 Å². The molecular weight excluding hydrogens is 406 g/mol. The predicted molar refractivity (Wildman–Crippen MR) is 116 cm³/mol. The lowest BCUT2D eigenvalue weighted by molar-refractivity contribution is 0.262. The predicted octanol–water partition coefficient (Wildman–Crippen LogP) is 4.15. The van der Waals surface area contributed by atoms with Crippen molar-refractivity contribution in [1.82, 2.24) is 0 Å². The average Bonchev–Trinajstić information content (AvgIpc) is 2.74. The molecule has 8 nitrogen and oxygen atoms in total. The number of methoxy groups -OCH3 is 2. The highest BCUT2D eigenvalue weighted by atomic mass is 32.2. The van der Waals surface area contributed by atoms with Gasteiger partial charge in [0.2, 0.25) is 0 Å². The van der Waals surface area contributed by atoms with Crippen molar-refractivity contribution in [3.05, 3.63) is 72.8 Å². The minimum atomic E-state index is -3.95. The van der Waals surface area contributed by atoms with E-state index in [2.05, 4.69) is 15.4 Å². The summed E-state index contributed by atoms with van der Waals surface area (Å²) in [6, 6.07) is 19.2. The number of hydrogen-bond acceptors (Lipinski definition) is 5. The van der Waals surface area contributed by atoms with Crippen molar-refractivity contribution in [3.8, 4) is 11.5 Å². The minimum absolute atomic E-state index is 0.0517. The molecule has 3 rings (SSSR count). The van der Waals surface area contributed by atoms with Crippen LogP contribution >= 0.6 is 0 Å². The van der Waals surface area contributed by atoms with E-state index in [1.54, 1.807) is 48.5 Å². The molecule has 9 heteroatoms. The summed E-state index contributed by atoms with van der Waals surface area (Å²) in [7, 11) is -1.07. The fourth-order valence-electron chi connectivity index (χ4n) is 2.69. The van der Waals surface area contributed by atoms with E-state index in [0.29, 0.717) is 22.9 Å². The number of urea groups is 1. The van der Waals surface area contributed by atoms with Gasteiger partial charge in [-0.2, -0.15) is 0 Å². The van der Waals surface area contributed by atoms with Crippen LogP contribution in [-0.4, -0.2) is 28.7 Å². The van der Waals surface area contributed by atoms with Crippen LogP contribution in [0.15, 0.2) is 77.7 Å². The van der Waals surface area contributed by atoms with Gasteiger partial charge in [0.25, 0.3) is 10.0 Å². The molecule has 156 valence electrons. The second-order valence-electron chi connectivity index (χ2n) is 6.11. The lowest BCUT2D eigenvalue weighted by Gasteiger charge is -2.15. The largest absolute Gasteiger partial charge is 0.495 e. The highest BCUT2D eigenvalue weighted by Crippen LogP contribution is 2.30. The number of nitrogens with one attached hydrogen (secondary N) is 3. The third-order valence-electron chi connectivity index (χ3n) is 4.11. The van der Waals surface area contributed by atoms with Crippen LogP contribution in [0.3, 0.4) is 0 Å². The standard InChI is InChI=1S/C21H21N3O5S/c1-28-19-11-7-6-10-17(19)24-30(26,27)16-12-13-20(29-2)18(14-16)23-21(25)22-15-8-4-3-5-9-15/h3-14,24H,1-2H3,(H2,22,23,25). The molecule has 0 bridgehead atoms. The van der Waals surface area contributed by atoms with E-state index in [9.17, 15) is 13.2 Å². The molecular formula is C21H21N3O5S. The highest BCUT2D eigenvalue weighted by Gasteiger charge is 2.19. The lowest BCUT2D eigenvalue weighted by Crippen LogP contribution is -2.20. The first-order chi connectivity index (χ1) is 14.4. The second kappa shape index (κ2) is 9.19. The number of para-hydroxylation sites is 3. The van der Waals surface area contributed by atoms with E-state index in [4.69, 9.17) is 9.47 Å². The number of benzene rings is 3. The molecule has 30 heavy (non-hydrogen) atoms. The number of carbonyl (C=O) groups excluding carboxylic acids is 1. The Morgan fingerprint density at radius 2 is 1.40 bits per heavy atom. The molecule has 0 spiro atoms. The summed E-state index contributed by atoms with van der Waals surface area (Å²) in [4.78, 5) is 12.3. The van der Waals surface area contributed by atoms with Gasteiger partial charge in [-0.3, -0.25) is 4.72 Å². The van der Waals surface area contributed by atoms with E-state index in [-0.39, 0.29) is 10.6 Å². The Labute approximate surface area is 174 Å². The first kappa shape index (κ1) is 21.0. The summed E-state index contributed by atoms with van der Waals surface area (Å²) in [5.74, 6) is 0.699. The van der Waals surface area contributed by atoms with Gasteiger partial charge in [-0.25, -0.2) is 13.2 Å². The zero-order chi connectivity index (χ0) is 21.6. The van der Waals surface area contributed by atoms with Crippen molar-refractivity contribution >= 4 is 33.1 Å². The average molecular weight is 427 g/mol. The molecule has 0 fully saturated rings. The number of hydrogen-bond donors (Lipinski definition) is 3. The molecule has 3 aromatic carbocycles. The Balaban J connectivity index is 1.85. The molecule has 0 saturated carbocycles. The minimum Gasteiger partial charge on any atom is -0.495 e. The molecule has 3 N–H and O–H groups in total. The molecule has 0 aliphatic rings. The maximum absolute atomic E-state index is 12.9. The lowest BCUT2D eigenvalue weighted by atomic mass is 10.3. The smallest absolute Gasteiger partial charge is 0.323 e. The quantitative estimate of drug-likeness (QED) is 0.525. The molecule has 0 radical (unpaired) electrons. The van der Waals surface area contributed by atoms with Crippen molar-refractivity contribution in [2.45, 2.75) is 4.90 Å². The van der Waals surface area contributed by atoms with E-state index in [0.717, 1.165) is 0 Å². The van der Waals surface area contributed by atoms with E-state index in [1.165, 1.54) is 32.4 Å². The fourth-order valence-corrected chi connectivity index (χ4v) is 3.79. The molecule has 0 aliphatic carbocycles. The fraction of sp³-hybridized carbons (Fsp3) is 0.0952. The van der Waals surface area contributed by atoms with Crippen LogP contribution < -0.4 is 24.8 Å². The van der Waals surface area contributed by atoms with Crippen LogP contribution in [0, 0.1) is 0 Å². The van der Waals surface area contributed by atoms with Gasteiger partial charge in [-0.15, -0.1) is 0 Å². The van der Waals surface area contributed by atoms with Crippen molar-refractivity contribution in [2.75, 3.05) is 29.6 Å². The molecule has 0 heterocycles. The summed E-state index contributed by atoms with van der Waals surface area (Å²) in [5, 5.41) is 5.28. The van der Waals surface area contributed by atoms with Gasteiger partial charge in [0, 0.05) is 5.69 Å². The van der Waals surface area contributed by atoms with E-state index < -0.39 is 16.1 Å². The maximum Gasteiger partial charge on any atom is 0.323 e. The van der Waals surface area contributed by atoms with Crippen LogP contribution in [0.5, 0.6) is 11.5 Å². The molecule has 2 amide bonds. The molecule has 0 saturated heterocycles. The second-order valence-corrected chi connectivity index (χ2v) is 7.80. The van der Waals surface area contributed by atoms with E-state index >= 15 is 0 Å². The molecule has 3 aromatic rings. The van der Waals surface area contributed by atoms with Crippen molar-refractivity contribution in [2.24, 2.45) is 0 Å². The van der Waals surface area contributed by atoms with Crippen LogP contribution in [0.1, 0.15) is 0 Å². The van der Waals surface area contributed by atoms with Crippen LogP contribution in [-0.2, 0) is 10.0 Å². The third kappa shape index (κ3) is 5.00. The Bertz CT molecular complexity index is 1130. The zero-order valence-corrected chi connectivity index (χ0v) is 17.2. The molecule has 0 aliphatic heterocycles. The zero-order valence-electron chi connectivity index (χ0n) is 16.4. The van der Waals surface area contributed by atoms with Gasteiger partial charge in [0.05, 0.1) is 30.5 Å². The normalized spacial score (nSPS) is 10.7. The Morgan fingerprint density at radius 3 is 2.10 bits per heavy atom. The third-order valence-corrected chi connectivity index (χ3v) is 5.48. The summed E-state index contributed by atoms with van der Waals surface area (Å²) >= 11 is 0. The first-order valence-electron chi connectivity index (χ1n) is 8.90. The SMILES string of the molecule is COc1ccc(S(=O)(=O)Nc2ccccc2OC)cc1NC(=O)Nc1ccccc1. The summed E-state index contributed by atoms with van der Waals surface area (Å²) in [5.41, 5.74) is 1.09. The van der Waals surface area contributed by atoms with E-state index in [1.807, 2.05) is 6.07 Å².